The molecule has 0 saturated carbocycles. The molecule has 5 nitrogen and oxygen atoms in total. The molecule has 1 aromatic heterocycles. The van der Waals surface area contributed by atoms with Gasteiger partial charge < -0.3 is 14.8 Å². The predicted molar refractivity (Wildman–Crippen MR) is 102 cm³/mol. The fraction of sp³-hybridized carbons (Fsp3) is 0.182. The van der Waals surface area contributed by atoms with Gasteiger partial charge in [0.2, 0.25) is 11.8 Å². The lowest BCUT2D eigenvalue weighted by Crippen LogP contribution is -2.37. The molecule has 2 heterocycles. The van der Waals surface area contributed by atoms with Crippen LogP contribution in [0.3, 0.4) is 0 Å². The van der Waals surface area contributed by atoms with Crippen LogP contribution < -0.4 is 14.8 Å². The van der Waals surface area contributed by atoms with Gasteiger partial charge in [-0.1, -0.05) is 42.5 Å². The van der Waals surface area contributed by atoms with E-state index in [0.717, 1.165) is 22.6 Å². The average Bonchev–Trinajstić information content (AvgIpc) is 2.73. The third-order valence-corrected chi connectivity index (χ3v) is 4.48. The van der Waals surface area contributed by atoms with E-state index in [4.69, 9.17) is 9.47 Å². The average molecular weight is 360 g/mol. The first-order valence-electron chi connectivity index (χ1n) is 8.94. The number of benzene rings is 2. The smallest absolute Gasteiger partial charge is 0.227 e. The Kier molecular flexibility index (Phi) is 5.01. The highest BCUT2D eigenvalue weighted by atomic mass is 16.5. The van der Waals surface area contributed by atoms with E-state index in [2.05, 4.69) is 10.3 Å². The number of hydrogen-bond donors (Lipinski definition) is 1. The minimum absolute atomic E-state index is 0.00545. The molecule has 4 rings (SSSR count). The van der Waals surface area contributed by atoms with Gasteiger partial charge in [-0.2, -0.15) is 0 Å². The second kappa shape index (κ2) is 7.91. The molecule has 5 heteroatoms. The van der Waals surface area contributed by atoms with Crippen molar-refractivity contribution in [1.29, 1.82) is 0 Å². The number of hydrogen-bond acceptors (Lipinski definition) is 4. The summed E-state index contributed by atoms with van der Waals surface area (Å²) in [5.74, 6) is 1.96. The maximum absolute atomic E-state index is 12.5. The van der Waals surface area contributed by atoms with Gasteiger partial charge in [-0.3, -0.25) is 4.79 Å². The summed E-state index contributed by atoms with van der Waals surface area (Å²) in [5, 5.41) is 2.97. The predicted octanol–water partition coefficient (Wildman–Crippen LogP) is 3.74. The van der Waals surface area contributed by atoms with Gasteiger partial charge in [-0.25, -0.2) is 4.98 Å². The van der Waals surface area contributed by atoms with Crippen molar-refractivity contribution in [3.8, 4) is 17.4 Å². The van der Waals surface area contributed by atoms with Crippen LogP contribution in [0.1, 0.15) is 11.1 Å². The lowest BCUT2D eigenvalue weighted by atomic mass is 9.96. The van der Waals surface area contributed by atoms with E-state index in [9.17, 15) is 4.79 Å². The zero-order valence-corrected chi connectivity index (χ0v) is 14.8. The van der Waals surface area contributed by atoms with Crippen LogP contribution >= 0.6 is 0 Å². The molecule has 1 aliphatic rings. The highest BCUT2D eigenvalue weighted by Gasteiger charge is 2.25. The van der Waals surface area contributed by atoms with Gasteiger partial charge in [0.25, 0.3) is 0 Å². The van der Waals surface area contributed by atoms with Crippen molar-refractivity contribution < 1.29 is 14.3 Å². The van der Waals surface area contributed by atoms with Gasteiger partial charge in [0.15, 0.2) is 0 Å². The van der Waals surface area contributed by atoms with Gasteiger partial charge >= 0.3 is 0 Å². The third kappa shape index (κ3) is 4.26. The molecule has 2 aromatic carbocycles. The van der Waals surface area contributed by atoms with Crippen LogP contribution in [0.4, 0.5) is 0 Å². The van der Waals surface area contributed by atoms with E-state index in [0.29, 0.717) is 25.5 Å². The Morgan fingerprint density at radius 3 is 2.70 bits per heavy atom. The molecule has 0 bridgehead atoms. The molecule has 0 aliphatic carbocycles. The summed E-state index contributed by atoms with van der Waals surface area (Å²) in [7, 11) is 0. The number of carbonyl (C=O) groups excluding carboxylic acids is 1. The first-order chi connectivity index (χ1) is 13.3. The SMILES string of the molecule is O=C(NCc1ccc(Oc2ccccc2)nc1)C1COc2ccccc2C1. The maximum atomic E-state index is 12.5. The molecule has 1 N–H and O–H groups in total. The van der Waals surface area contributed by atoms with Crippen molar-refractivity contribution in [3.63, 3.8) is 0 Å². The molecule has 136 valence electrons. The number of aromatic nitrogens is 1. The molecule has 1 atom stereocenters. The van der Waals surface area contributed by atoms with Crippen LogP contribution in [0.5, 0.6) is 17.4 Å². The van der Waals surface area contributed by atoms with Crippen molar-refractivity contribution in [1.82, 2.24) is 10.3 Å². The summed E-state index contributed by atoms with van der Waals surface area (Å²) in [6.45, 7) is 0.834. The highest BCUT2D eigenvalue weighted by Crippen LogP contribution is 2.27. The molecule has 0 radical (unpaired) electrons. The van der Waals surface area contributed by atoms with Crippen LogP contribution in [0, 0.1) is 5.92 Å². The van der Waals surface area contributed by atoms with Crippen LogP contribution in [0.25, 0.3) is 0 Å². The van der Waals surface area contributed by atoms with Crippen molar-refractivity contribution in [3.05, 3.63) is 84.1 Å². The molecule has 0 spiro atoms. The van der Waals surface area contributed by atoms with Crippen molar-refractivity contribution in [2.75, 3.05) is 6.61 Å². The molecule has 1 unspecified atom stereocenters. The summed E-state index contributed by atoms with van der Waals surface area (Å²) in [6.07, 6.45) is 2.41. The van der Waals surface area contributed by atoms with Gasteiger partial charge in [0.05, 0.1) is 5.92 Å². The Morgan fingerprint density at radius 2 is 1.89 bits per heavy atom. The number of rotatable bonds is 5. The third-order valence-electron chi connectivity index (χ3n) is 4.48. The summed E-state index contributed by atoms with van der Waals surface area (Å²) < 4.78 is 11.4. The van der Waals surface area contributed by atoms with E-state index in [1.54, 1.807) is 12.3 Å². The van der Waals surface area contributed by atoms with Gasteiger partial charge in [0, 0.05) is 18.8 Å². The van der Waals surface area contributed by atoms with Gasteiger partial charge in [0.1, 0.15) is 18.1 Å². The number of amides is 1. The zero-order chi connectivity index (χ0) is 18.5. The van der Waals surface area contributed by atoms with Crippen molar-refractivity contribution in [2.24, 2.45) is 5.92 Å². The quantitative estimate of drug-likeness (QED) is 0.753. The summed E-state index contributed by atoms with van der Waals surface area (Å²) >= 11 is 0. The van der Waals surface area contributed by atoms with Gasteiger partial charge in [-0.15, -0.1) is 0 Å². The Bertz CT molecular complexity index is 910. The molecule has 1 amide bonds. The standard InChI is InChI=1S/C22H20N2O3/c25-22(18-12-17-6-4-5-9-20(17)26-15-18)24-14-16-10-11-21(23-13-16)27-19-7-2-1-3-8-19/h1-11,13,18H,12,14-15H2,(H,24,25). The number of ether oxygens (including phenoxy) is 2. The maximum Gasteiger partial charge on any atom is 0.227 e. The van der Waals surface area contributed by atoms with E-state index >= 15 is 0 Å². The van der Waals surface area contributed by atoms with Crippen molar-refractivity contribution in [2.45, 2.75) is 13.0 Å². The first kappa shape index (κ1) is 17.1. The van der Waals surface area contributed by atoms with E-state index in [1.165, 1.54) is 0 Å². The fourth-order valence-corrected chi connectivity index (χ4v) is 3.02. The lowest BCUT2D eigenvalue weighted by molar-refractivity contribution is -0.126. The second-order valence-electron chi connectivity index (χ2n) is 6.46. The molecule has 3 aromatic rings. The fourth-order valence-electron chi connectivity index (χ4n) is 3.02. The summed E-state index contributed by atoms with van der Waals surface area (Å²) in [5.41, 5.74) is 1.99. The molecular weight excluding hydrogens is 340 g/mol. The minimum Gasteiger partial charge on any atom is -0.492 e. The van der Waals surface area contributed by atoms with Gasteiger partial charge in [-0.05, 0) is 35.7 Å². The monoisotopic (exact) mass is 360 g/mol. The Hall–Kier alpha value is -3.34. The highest BCUT2D eigenvalue weighted by molar-refractivity contribution is 5.79. The van der Waals surface area contributed by atoms with E-state index in [1.807, 2.05) is 60.7 Å². The molecule has 0 fully saturated rings. The Labute approximate surface area is 158 Å². The molecule has 0 saturated heterocycles. The number of para-hydroxylation sites is 2. The first-order valence-corrected chi connectivity index (χ1v) is 8.94. The minimum atomic E-state index is -0.173. The topological polar surface area (TPSA) is 60.5 Å². The van der Waals surface area contributed by atoms with Crippen LogP contribution in [0.15, 0.2) is 72.9 Å². The second-order valence-corrected chi connectivity index (χ2v) is 6.46. The zero-order valence-electron chi connectivity index (χ0n) is 14.8. The van der Waals surface area contributed by atoms with E-state index in [-0.39, 0.29) is 11.8 Å². The van der Waals surface area contributed by atoms with Crippen LogP contribution in [-0.2, 0) is 17.8 Å². The summed E-state index contributed by atoms with van der Waals surface area (Å²) in [4.78, 5) is 16.7. The molecule has 27 heavy (non-hydrogen) atoms. The number of pyridine rings is 1. The van der Waals surface area contributed by atoms with Crippen molar-refractivity contribution >= 4 is 5.91 Å². The number of nitrogens with one attached hydrogen (secondary N) is 1. The lowest BCUT2D eigenvalue weighted by Gasteiger charge is -2.24. The Morgan fingerprint density at radius 1 is 1.07 bits per heavy atom. The number of nitrogens with zero attached hydrogens (tertiary/aromatic N) is 1. The number of fused-ring (bicyclic) bond motifs is 1. The van der Waals surface area contributed by atoms with Crippen LogP contribution in [-0.4, -0.2) is 17.5 Å². The summed E-state index contributed by atoms with van der Waals surface area (Å²) in [6, 6.07) is 21.1. The Balaban J connectivity index is 1.30. The van der Waals surface area contributed by atoms with E-state index < -0.39 is 0 Å². The normalized spacial score (nSPS) is 15.3. The molecular formula is C22H20N2O3. The largest absolute Gasteiger partial charge is 0.492 e. The molecule has 1 aliphatic heterocycles. The number of carbonyl (C=O) groups is 1. The van der Waals surface area contributed by atoms with Crippen LogP contribution in [0.2, 0.25) is 0 Å².